The van der Waals surface area contributed by atoms with Crippen molar-refractivity contribution in [2.24, 2.45) is 0 Å². The predicted molar refractivity (Wildman–Crippen MR) is 155 cm³/mol. The summed E-state index contributed by atoms with van der Waals surface area (Å²) in [4.78, 5) is 34.9. The van der Waals surface area contributed by atoms with E-state index in [9.17, 15) is 9.18 Å². The largest absolute Gasteiger partial charge is 0.371 e. The zero-order valence-corrected chi connectivity index (χ0v) is 24.2. The average molecular weight is 566 g/mol. The molecular weight excluding hydrogens is 529 g/mol. The summed E-state index contributed by atoms with van der Waals surface area (Å²) in [7, 11) is 3.63. The van der Waals surface area contributed by atoms with Gasteiger partial charge in [-0.2, -0.15) is 0 Å². The van der Waals surface area contributed by atoms with Gasteiger partial charge in [0.1, 0.15) is 12.1 Å². The van der Waals surface area contributed by atoms with Gasteiger partial charge in [-0.1, -0.05) is 0 Å². The zero-order chi connectivity index (χ0) is 28.0. The molecule has 11 heteroatoms. The highest BCUT2D eigenvalue weighted by atomic mass is 32.1. The monoisotopic (exact) mass is 565 g/mol. The second-order valence-corrected chi connectivity index (χ2v) is 12.5. The molecule has 1 N–H and O–H groups in total. The van der Waals surface area contributed by atoms with E-state index in [2.05, 4.69) is 35.7 Å². The van der Waals surface area contributed by atoms with Crippen LogP contribution in [0.25, 0.3) is 21.1 Å². The van der Waals surface area contributed by atoms with E-state index in [-0.39, 0.29) is 24.0 Å². The van der Waals surface area contributed by atoms with Gasteiger partial charge in [0.15, 0.2) is 0 Å². The normalized spacial score (nSPS) is 20.8. The van der Waals surface area contributed by atoms with Crippen molar-refractivity contribution in [1.29, 1.82) is 0 Å². The number of rotatable bonds is 6. The van der Waals surface area contributed by atoms with Gasteiger partial charge in [0.05, 0.1) is 34.6 Å². The Labute approximate surface area is 237 Å². The number of ether oxygens (including phenoxy) is 1. The Morgan fingerprint density at radius 2 is 1.98 bits per heavy atom. The third-order valence-electron chi connectivity index (χ3n) is 8.31. The molecule has 3 aromatic heterocycles. The summed E-state index contributed by atoms with van der Waals surface area (Å²) in [5, 5.41) is 0.989. The molecule has 1 amide bonds. The quantitative estimate of drug-likeness (QED) is 0.380. The lowest BCUT2D eigenvalue weighted by molar-refractivity contribution is -0.142. The van der Waals surface area contributed by atoms with E-state index in [4.69, 9.17) is 4.74 Å². The van der Waals surface area contributed by atoms with Gasteiger partial charge in [-0.25, -0.2) is 14.4 Å². The number of piperazine rings is 1. The topological polar surface area (TPSA) is 80.8 Å². The Morgan fingerprint density at radius 1 is 1.18 bits per heavy atom. The molecule has 5 heterocycles. The molecule has 0 aliphatic carbocycles. The van der Waals surface area contributed by atoms with Crippen molar-refractivity contribution in [2.75, 3.05) is 60.0 Å². The van der Waals surface area contributed by atoms with Crippen LogP contribution in [0.3, 0.4) is 0 Å². The lowest BCUT2D eigenvalue weighted by Crippen LogP contribution is -2.61. The maximum absolute atomic E-state index is 14.6. The number of benzene rings is 1. The minimum atomic E-state index is -0.568. The molecule has 2 unspecified atom stereocenters. The highest BCUT2D eigenvalue weighted by Gasteiger charge is 2.40. The summed E-state index contributed by atoms with van der Waals surface area (Å²) in [5.41, 5.74) is 2.03. The summed E-state index contributed by atoms with van der Waals surface area (Å²) < 4.78 is 21.9. The third-order valence-corrected chi connectivity index (χ3v) is 9.40. The molecule has 2 aliphatic heterocycles. The Kier molecular flexibility index (Phi) is 7.34. The van der Waals surface area contributed by atoms with Crippen LogP contribution >= 0.6 is 11.3 Å². The number of carbonyl (C=O) groups is 1. The highest BCUT2D eigenvalue weighted by molar-refractivity contribution is 7.19. The number of fused-ring (bicyclic) bond motifs is 2. The van der Waals surface area contributed by atoms with E-state index in [1.807, 2.05) is 46.4 Å². The Morgan fingerprint density at radius 3 is 2.73 bits per heavy atom. The predicted octanol–water partition coefficient (Wildman–Crippen LogP) is 3.87. The number of aromatic nitrogens is 3. The first-order chi connectivity index (χ1) is 19.2. The van der Waals surface area contributed by atoms with E-state index in [0.717, 1.165) is 59.4 Å². The zero-order valence-electron chi connectivity index (χ0n) is 23.4. The second-order valence-electron chi connectivity index (χ2n) is 11.4. The Bertz CT molecular complexity index is 1480. The minimum absolute atomic E-state index is 0.00990. The van der Waals surface area contributed by atoms with Gasteiger partial charge >= 0.3 is 0 Å². The fourth-order valence-electron chi connectivity index (χ4n) is 6.24. The first-order valence-corrected chi connectivity index (χ1v) is 14.6. The van der Waals surface area contributed by atoms with Crippen LogP contribution in [0.5, 0.6) is 0 Å². The van der Waals surface area contributed by atoms with Crippen LogP contribution in [0, 0.1) is 5.82 Å². The Hall–Kier alpha value is -2.96. The van der Waals surface area contributed by atoms with Crippen molar-refractivity contribution < 1.29 is 13.9 Å². The number of carbonyl (C=O) groups excluding carboxylic acids is 1. The molecule has 2 atom stereocenters. The van der Waals surface area contributed by atoms with Crippen LogP contribution in [-0.4, -0.2) is 106 Å². The van der Waals surface area contributed by atoms with Crippen LogP contribution in [0.1, 0.15) is 36.6 Å². The van der Waals surface area contributed by atoms with Gasteiger partial charge in [0, 0.05) is 81.5 Å². The molecule has 6 rings (SSSR count). The fourth-order valence-corrected chi connectivity index (χ4v) is 7.39. The van der Waals surface area contributed by atoms with Gasteiger partial charge in [-0.15, -0.1) is 11.3 Å². The maximum atomic E-state index is 14.6. The SMILES string of the molecule is CN(C)C(=O)C(C)(C)N1CCN(C(c2cc3ncncc3s2)N2CCOC(c3cc(F)cc4[nH]ccc34)C2)CC1. The first-order valence-electron chi connectivity index (χ1n) is 13.7. The number of nitrogens with one attached hydrogen (secondary N) is 1. The molecule has 0 bridgehead atoms. The molecule has 40 heavy (non-hydrogen) atoms. The van der Waals surface area contributed by atoms with Gasteiger partial charge in [0.2, 0.25) is 5.91 Å². The number of likely N-dealkylation sites (N-methyl/N-ethyl adjacent to an activating group) is 1. The standard InChI is InChI=1S/C29H36FN7O2S/c1-29(2,28(38)34(3)4)37-9-7-35(8-10-37)27(25-15-23-26(40-25)16-31-18-33-23)36-11-12-39-24(17-36)21-13-19(30)14-22-20(21)5-6-32-22/h5-6,13-16,18,24,27,32H,7-12,17H2,1-4H3. The average Bonchev–Trinajstić information content (AvgIpc) is 3.59. The van der Waals surface area contributed by atoms with Gasteiger partial charge < -0.3 is 14.6 Å². The van der Waals surface area contributed by atoms with Crippen molar-refractivity contribution in [1.82, 2.24) is 34.6 Å². The number of hydrogen-bond acceptors (Lipinski definition) is 8. The van der Waals surface area contributed by atoms with Crippen LogP contribution < -0.4 is 0 Å². The van der Waals surface area contributed by atoms with Crippen molar-refractivity contribution in [2.45, 2.75) is 31.7 Å². The molecule has 0 radical (unpaired) electrons. The highest BCUT2D eigenvalue weighted by Crippen LogP contribution is 2.38. The molecule has 212 valence electrons. The van der Waals surface area contributed by atoms with E-state index in [1.54, 1.807) is 28.6 Å². The molecule has 0 saturated carbocycles. The van der Waals surface area contributed by atoms with Crippen LogP contribution in [0.15, 0.2) is 43.0 Å². The smallest absolute Gasteiger partial charge is 0.242 e. The fraction of sp³-hybridized carbons (Fsp3) is 0.483. The van der Waals surface area contributed by atoms with E-state index >= 15 is 0 Å². The van der Waals surface area contributed by atoms with Crippen LogP contribution in [-0.2, 0) is 9.53 Å². The molecule has 2 aliphatic rings. The molecular formula is C29H36FN7O2S. The van der Waals surface area contributed by atoms with Gasteiger partial charge in [-0.05, 0) is 43.7 Å². The van der Waals surface area contributed by atoms with Gasteiger partial charge in [-0.3, -0.25) is 19.5 Å². The summed E-state index contributed by atoms with van der Waals surface area (Å²) >= 11 is 1.72. The number of hydrogen-bond donors (Lipinski definition) is 1. The first kappa shape index (κ1) is 27.2. The summed E-state index contributed by atoms with van der Waals surface area (Å²) in [6.07, 6.45) is 5.07. The van der Waals surface area contributed by atoms with E-state index in [0.29, 0.717) is 13.2 Å². The molecule has 9 nitrogen and oxygen atoms in total. The maximum Gasteiger partial charge on any atom is 0.242 e. The number of H-pyrrole nitrogens is 1. The number of halogens is 1. The summed E-state index contributed by atoms with van der Waals surface area (Å²) in [5.74, 6) is -0.154. The van der Waals surface area contributed by atoms with Crippen molar-refractivity contribution in [3.05, 3.63) is 59.2 Å². The number of thiophene rings is 1. The lowest BCUT2D eigenvalue weighted by Gasteiger charge is -2.48. The lowest BCUT2D eigenvalue weighted by atomic mass is 9.99. The number of amides is 1. The molecule has 2 fully saturated rings. The Balaban J connectivity index is 1.30. The van der Waals surface area contributed by atoms with Crippen molar-refractivity contribution in [3.8, 4) is 0 Å². The van der Waals surface area contributed by atoms with Crippen molar-refractivity contribution in [3.63, 3.8) is 0 Å². The number of aromatic amines is 1. The third kappa shape index (κ3) is 5.01. The minimum Gasteiger partial charge on any atom is -0.371 e. The van der Waals surface area contributed by atoms with Crippen molar-refractivity contribution >= 4 is 38.4 Å². The number of nitrogens with zero attached hydrogens (tertiary/aromatic N) is 6. The van der Waals surface area contributed by atoms with E-state index in [1.165, 1.54) is 10.9 Å². The summed E-state index contributed by atoms with van der Waals surface area (Å²) in [6, 6.07) is 7.30. The second kappa shape index (κ2) is 10.8. The number of morpholine rings is 1. The van der Waals surface area contributed by atoms with Crippen LogP contribution in [0.2, 0.25) is 0 Å². The van der Waals surface area contributed by atoms with Crippen LogP contribution in [0.4, 0.5) is 4.39 Å². The van der Waals surface area contributed by atoms with E-state index < -0.39 is 5.54 Å². The summed E-state index contributed by atoms with van der Waals surface area (Å²) in [6.45, 7) is 9.19. The molecule has 2 saturated heterocycles. The molecule has 4 aromatic rings. The molecule has 1 aromatic carbocycles. The molecule has 0 spiro atoms. The van der Waals surface area contributed by atoms with Gasteiger partial charge in [0.25, 0.3) is 0 Å².